The molecule has 0 unspecified atom stereocenters. The Balaban J connectivity index is 4.62. The van der Waals surface area contributed by atoms with Crippen molar-refractivity contribution in [3.8, 4) is 0 Å². The molecule has 0 aromatic carbocycles. The van der Waals surface area contributed by atoms with Gasteiger partial charge in [0.2, 0.25) is 0 Å². The standard InChI is InChI=1S/C18H32N2O2/c1-7-12-18(10-4,11-5)20-17(22)16(21)19-14(6)13-15(8-2)9-3/h7,15H,1,6,8-13H2,2-5H3,(H,19,21)(H,20,22). The highest BCUT2D eigenvalue weighted by atomic mass is 16.2. The van der Waals surface area contributed by atoms with Gasteiger partial charge in [0, 0.05) is 11.2 Å². The second kappa shape index (κ2) is 10.2. The van der Waals surface area contributed by atoms with Crippen molar-refractivity contribution in [1.29, 1.82) is 0 Å². The number of carbonyl (C=O) groups excluding carboxylic acids is 2. The van der Waals surface area contributed by atoms with Crippen LogP contribution in [0.25, 0.3) is 0 Å². The summed E-state index contributed by atoms with van der Waals surface area (Å²) >= 11 is 0. The number of nitrogens with one attached hydrogen (secondary N) is 2. The molecule has 0 rings (SSSR count). The molecular formula is C18H32N2O2. The molecule has 0 aliphatic heterocycles. The van der Waals surface area contributed by atoms with E-state index in [-0.39, 0.29) is 0 Å². The fourth-order valence-electron chi connectivity index (χ4n) is 2.53. The van der Waals surface area contributed by atoms with Crippen molar-refractivity contribution >= 4 is 11.8 Å². The quantitative estimate of drug-likeness (QED) is 0.477. The Morgan fingerprint density at radius 1 is 1.09 bits per heavy atom. The smallest absolute Gasteiger partial charge is 0.313 e. The molecule has 0 bridgehead atoms. The lowest BCUT2D eigenvalue weighted by molar-refractivity contribution is -0.140. The van der Waals surface area contributed by atoms with Crippen LogP contribution in [0.4, 0.5) is 0 Å². The molecule has 126 valence electrons. The molecule has 2 N–H and O–H groups in total. The lowest BCUT2D eigenvalue weighted by atomic mass is 9.89. The maximum absolute atomic E-state index is 12.1. The molecule has 0 saturated heterocycles. The maximum Gasteiger partial charge on any atom is 0.313 e. The van der Waals surface area contributed by atoms with Gasteiger partial charge in [-0.3, -0.25) is 9.59 Å². The monoisotopic (exact) mass is 308 g/mol. The van der Waals surface area contributed by atoms with Gasteiger partial charge in [-0.15, -0.1) is 6.58 Å². The highest BCUT2D eigenvalue weighted by Gasteiger charge is 2.29. The average molecular weight is 308 g/mol. The molecule has 0 radical (unpaired) electrons. The molecule has 4 heteroatoms. The minimum absolute atomic E-state index is 0.396. The number of carbonyl (C=O) groups is 2. The van der Waals surface area contributed by atoms with E-state index in [2.05, 4.69) is 37.6 Å². The van der Waals surface area contributed by atoms with E-state index in [9.17, 15) is 9.59 Å². The zero-order valence-electron chi connectivity index (χ0n) is 14.6. The van der Waals surface area contributed by atoms with Gasteiger partial charge in [-0.05, 0) is 31.6 Å². The molecule has 0 fully saturated rings. The van der Waals surface area contributed by atoms with Crippen molar-refractivity contribution in [2.45, 2.75) is 71.8 Å². The Bertz CT molecular complexity index is 394. The summed E-state index contributed by atoms with van der Waals surface area (Å²) in [6.45, 7) is 15.8. The summed E-state index contributed by atoms with van der Waals surface area (Å²) in [5, 5.41) is 5.47. The van der Waals surface area contributed by atoms with Crippen molar-refractivity contribution in [2.24, 2.45) is 5.92 Å². The Kier molecular flexibility index (Phi) is 9.46. The summed E-state index contributed by atoms with van der Waals surface area (Å²) in [6.07, 6.45) is 6.71. The van der Waals surface area contributed by atoms with Gasteiger partial charge >= 0.3 is 11.8 Å². The van der Waals surface area contributed by atoms with Crippen LogP contribution in [0.2, 0.25) is 0 Å². The topological polar surface area (TPSA) is 58.2 Å². The predicted molar refractivity (Wildman–Crippen MR) is 92.2 cm³/mol. The maximum atomic E-state index is 12.1. The van der Waals surface area contributed by atoms with Gasteiger partial charge in [-0.2, -0.15) is 0 Å². The molecule has 22 heavy (non-hydrogen) atoms. The molecule has 0 saturated carbocycles. The largest absolute Gasteiger partial charge is 0.342 e. The summed E-state index contributed by atoms with van der Waals surface area (Å²) in [7, 11) is 0. The van der Waals surface area contributed by atoms with E-state index in [0.29, 0.717) is 24.5 Å². The third kappa shape index (κ3) is 6.46. The Morgan fingerprint density at radius 2 is 1.64 bits per heavy atom. The van der Waals surface area contributed by atoms with Crippen LogP contribution in [0, 0.1) is 5.92 Å². The zero-order chi connectivity index (χ0) is 17.2. The van der Waals surface area contributed by atoms with Crippen LogP contribution in [-0.4, -0.2) is 17.4 Å². The molecule has 0 atom stereocenters. The minimum Gasteiger partial charge on any atom is -0.342 e. The van der Waals surface area contributed by atoms with E-state index in [4.69, 9.17) is 0 Å². The Hall–Kier alpha value is -1.58. The van der Waals surface area contributed by atoms with Crippen molar-refractivity contribution < 1.29 is 9.59 Å². The molecule has 0 heterocycles. The lowest BCUT2D eigenvalue weighted by Gasteiger charge is -2.31. The highest BCUT2D eigenvalue weighted by Crippen LogP contribution is 2.20. The summed E-state index contributed by atoms with van der Waals surface area (Å²) in [4.78, 5) is 24.1. The van der Waals surface area contributed by atoms with E-state index >= 15 is 0 Å². The fraction of sp³-hybridized carbons (Fsp3) is 0.667. The van der Waals surface area contributed by atoms with Gasteiger partial charge in [0.25, 0.3) is 0 Å². The van der Waals surface area contributed by atoms with Crippen molar-refractivity contribution in [3.05, 3.63) is 24.9 Å². The fourth-order valence-corrected chi connectivity index (χ4v) is 2.53. The summed E-state index contributed by atoms with van der Waals surface area (Å²) in [5.41, 5.74) is 0.212. The number of allylic oxidation sites excluding steroid dienone is 1. The average Bonchev–Trinajstić information content (AvgIpc) is 2.51. The minimum atomic E-state index is -0.633. The number of amides is 2. The SMILES string of the molecule is C=CCC(CC)(CC)NC(=O)C(=O)NC(=C)CC(CC)CC. The van der Waals surface area contributed by atoms with E-state index in [1.807, 2.05) is 13.8 Å². The van der Waals surface area contributed by atoms with Gasteiger partial charge in [0.05, 0.1) is 0 Å². The Labute approximate surface area is 135 Å². The second-order valence-corrected chi connectivity index (χ2v) is 5.88. The third-order valence-electron chi connectivity index (χ3n) is 4.45. The molecule has 0 aliphatic rings. The Morgan fingerprint density at radius 3 is 2.05 bits per heavy atom. The first-order valence-corrected chi connectivity index (χ1v) is 8.30. The first-order chi connectivity index (χ1) is 10.4. The van der Waals surface area contributed by atoms with Crippen LogP contribution in [0.5, 0.6) is 0 Å². The van der Waals surface area contributed by atoms with E-state index in [0.717, 1.165) is 25.7 Å². The lowest BCUT2D eigenvalue weighted by Crippen LogP contribution is -2.52. The molecule has 2 amide bonds. The van der Waals surface area contributed by atoms with Gasteiger partial charge in [0.15, 0.2) is 0 Å². The molecule has 0 aliphatic carbocycles. The highest BCUT2D eigenvalue weighted by molar-refractivity contribution is 6.35. The van der Waals surface area contributed by atoms with E-state index in [1.54, 1.807) is 6.08 Å². The first kappa shape index (κ1) is 20.4. The van der Waals surface area contributed by atoms with Crippen LogP contribution < -0.4 is 10.6 Å². The summed E-state index contributed by atoms with van der Waals surface area (Å²) in [5.74, 6) is -0.746. The number of hydrogen-bond donors (Lipinski definition) is 2. The molecular weight excluding hydrogens is 276 g/mol. The van der Waals surface area contributed by atoms with Crippen LogP contribution >= 0.6 is 0 Å². The van der Waals surface area contributed by atoms with Crippen molar-refractivity contribution in [2.75, 3.05) is 0 Å². The van der Waals surface area contributed by atoms with Crippen LogP contribution in [0.1, 0.15) is 66.2 Å². The number of hydrogen-bond acceptors (Lipinski definition) is 2. The van der Waals surface area contributed by atoms with E-state index < -0.39 is 17.4 Å². The van der Waals surface area contributed by atoms with Crippen LogP contribution in [0.15, 0.2) is 24.9 Å². The molecule has 4 nitrogen and oxygen atoms in total. The second-order valence-electron chi connectivity index (χ2n) is 5.88. The summed E-state index contributed by atoms with van der Waals surface area (Å²) in [6, 6.07) is 0. The van der Waals surface area contributed by atoms with Gasteiger partial charge in [-0.1, -0.05) is 53.2 Å². The first-order valence-electron chi connectivity index (χ1n) is 8.30. The van der Waals surface area contributed by atoms with Crippen molar-refractivity contribution in [1.82, 2.24) is 10.6 Å². The summed E-state index contributed by atoms with van der Waals surface area (Å²) < 4.78 is 0. The van der Waals surface area contributed by atoms with Crippen LogP contribution in [0.3, 0.4) is 0 Å². The molecule has 0 spiro atoms. The van der Waals surface area contributed by atoms with E-state index in [1.165, 1.54) is 0 Å². The van der Waals surface area contributed by atoms with Crippen molar-refractivity contribution in [3.63, 3.8) is 0 Å². The molecule has 0 aromatic rings. The van der Waals surface area contributed by atoms with Gasteiger partial charge in [-0.25, -0.2) is 0 Å². The van der Waals surface area contributed by atoms with Crippen LogP contribution in [-0.2, 0) is 9.59 Å². The number of rotatable bonds is 10. The predicted octanol–water partition coefficient (Wildman–Crippen LogP) is 3.69. The third-order valence-corrected chi connectivity index (χ3v) is 4.45. The van der Waals surface area contributed by atoms with Gasteiger partial charge in [0.1, 0.15) is 0 Å². The van der Waals surface area contributed by atoms with Gasteiger partial charge < -0.3 is 10.6 Å². The normalized spacial score (nSPS) is 11.1. The molecule has 0 aromatic heterocycles. The zero-order valence-corrected chi connectivity index (χ0v) is 14.6.